The Morgan fingerprint density at radius 1 is 1.38 bits per heavy atom. The third-order valence-corrected chi connectivity index (χ3v) is 2.93. The van der Waals surface area contributed by atoms with Gasteiger partial charge in [-0.25, -0.2) is 0 Å². The summed E-state index contributed by atoms with van der Waals surface area (Å²) in [5, 5.41) is 0. The highest BCUT2D eigenvalue weighted by Gasteiger charge is 2.31. The van der Waals surface area contributed by atoms with Crippen LogP contribution in [0.25, 0.3) is 0 Å². The summed E-state index contributed by atoms with van der Waals surface area (Å²) in [6.07, 6.45) is 1.03. The van der Waals surface area contributed by atoms with E-state index in [1.54, 1.807) is 0 Å². The lowest BCUT2D eigenvalue weighted by molar-refractivity contribution is 0.137. The molecule has 1 heterocycles. The molecule has 1 aliphatic rings. The Kier molecular flexibility index (Phi) is 2.06. The maximum Gasteiger partial charge on any atom is 0.126 e. The van der Waals surface area contributed by atoms with Gasteiger partial charge < -0.3 is 4.74 Å². The molecule has 0 radical (unpaired) electrons. The van der Waals surface area contributed by atoms with Crippen molar-refractivity contribution in [2.24, 2.45) is 0 Å². The van der Waals surface area contributed by atoms with Gasteiger partial charge in [-0.1, -0.05) is 0 Å². The zero-order chi connectivity index (χ0) is 9.64. The number of hydrogen-bond donors (Lipinski definition) is 0. The summed E-state index contributed by atoms with van der Waals surface area (Å²) >= 11 is 2.36. The standard InChI is InChI=1S/C11H13IO/c1-7-4-9(12)5-8-6-11(2,3)13-10(7)8/h4-5H,6H2,1-3H3. The minimum atomic E-state index is -0.0163. The lowest BCUT2D eigenvalue weighted by Crippen LogP contribution is -2.24. The van der Waals surface area contributed by atoms with Gasteiger partial charge in [0, 0.05) is 9.99 Å². The SMILES string of the molecule is Cc1cc(I)cc2c1OC(C)(C)C2. The molecule has 0 saturated heterocycles. The van der Waals surface area contributed by atoms with E-state index in [4.69, 9.17) is 4.74 Å². The normalized spacial score (nSPS) is 18.2. The summed E-state index contributed by atoms with van der Waals surface area (Å²) < 4.78 is 7.18. The van der Waals surface area contributed by atoms with E-state index >= 15 is 0 Å². The Bertz CT molecular complexity index is 355. The highest BCUT2D eigenvalue weighted by molar-refractivity contribution is 14.1. The zero-order valence-corrected chi connectivity index (χ0v) is 10.3. The van der Waals surface area contributed by atoms with Gasteiger partial charge in [-0.3, -0.25) is 0 Å². The van der Waals surface area contributed by atoms with E-state index in [-0.39, 0.29) is 5.60 Å². The Labute approximate surface area is 92.6 Å². The predicted octanol–water partition coefficient (Wildman–Crippen LogP) is 3.31. The van der Waals surface area contributed by atoms with Crippen molar-refractivity contribution in [2.75, 3.05) is 0 Å². The Hall–Kier alpha value is -0.250. The van der Waals surface area contributed by atoms with E-state index in [0.717, 1.165) is 12.2 Å². The van der Waals surface area contributed by atoms with Gasteiger partial charge in [0.25, 0.3) is 0 Å². The van der Waals surface area contributed by atoms with Crippen molar-refractivity contribution in [3.63, 3.8) is 0 Å². The molecule has 0 N–H and O–H groups in total. The molecule has 2 rings (SSSR count). The van der Waals surface area contributed by atoms with Crippen LogP contribution < -0.4 is 4.74 Å². The number of fused-ring (bicyclic) bond motifs is 1. The Morgan fingerprint density at radius 2 is 2.08 bits per heavy atom. The van der Waals surface area contributed by atoms with Gasteiger partial charge in [-0.05, 0) is 66.6 Å². The molecule has 0 bridgehead atoms. The first kappa shape index (κ1) is 9.31. The van der Waals surface area contributed by atoms with Crippen LogP contribution in [0.1, 0.15) is 25.0 Å². The van der Waals surface area contributed by atoms with E-state index in [1.165, 1.54) is 14.7 Å². The van der Waals surface area contributed by atoms with E-state index in [2.05, 4.69) is 55.5 Å². The van der Waals surface area contributed by atoms with Gasteiger partial charge in [0.15, 0.2) is 0 Å². The lowest BCUT2D eigenvalue weighted by Gasteiger charge is -2.17. The van der Waals surface area contributed by atoms with Crippen LogP contribution in [0.15, 0.2) is 12.1 Å². The molecule has 1 aliphatic heterocycles. The van der Waals surface area contributed by atoms with E-state index in [1.807, 2.05) is 0 Å². The Balaban J connectivity index is 2.52. The quantitative estimate of drug-likeness (QED) is 0.665. The van der Waals surface area contributed by atoms with Gasteiger partial charge in [0.1, 0.15) is 11.4 Å². The average molecular weight is 288 g/mol. The molecule has 0 aliphatic carbocycles. The molecule has 70 valence electrons. The predicted molar refractivity (Wildman–Crippen MR) is 62.3 cm³/mol. The number of ether oxygens (including phenoxy) is 1. The molecule has 1 aromatic carbocycles. The number of hydrogen-bond acceptors (Lipinski definition) is 1. The smallest absolute Gasteiger partial charge is 0.126 e. The second-order valence-electron chi connectivity index (χ2n) is 4.25. The fraction of sp³-hybridized carbons (Fsp3) is 0.455. The van der Waals surface area contributed by atoms with Crippen molar-refractivity contribution < 1.29 is 4.74 Å². The zero-order valence-electron chi connectivity index (χ0n) is 8.15. The van der Waals surface area contributed by atoms with E-state index in [0.29, 0.717) is 0 Å². The van der Waals surface area contributed by atoms with Crippen molar-refractivity contribution in [3.8, 4) is 5.75 Å². The molecule has 0 fully saturated rings. The molecule has 2 heteroatoms. The van der Waals surface area contributed by atoms with Crippen LogP contribution in [0, 0.1) is 10.5 Å². The summed E-state index contributed by atoms with van der Waals surface area (Å²) in [6, 6.07) is 4.39. The third-order valence-electron chi connectivity index (χ3n) is 2.31. The van der Waals surface area contributed by atoms with Crippen LogP contribution in [-0.4, -0.2) is 5.60 Å². The summed E-state index contributed by atoms with van der Waals surface area (Å²) in [7, 11) is 0. The fourth-order valence-electron chi connectivity index (χ4n) is 1.85. The molecular weight excluding hydrogens is 275 g/mol. The molecular formula is C11H13IO. The molecule has 0 spiro atoms. The van der Waals surface area contributed by atoms with Gasteiger partial charge in [-0.15, -0.1) is 0 Å². The van der Waals surface area contributed by atoms with Crippen molar-refractivity contribution >= 4 is 22.6 Å². The molecule has 0 saturated carbocycles. The van der Waals surface area contributed by atoms with Crippen molar-refractivity contribution in [2.45, 2.75) is 32.8 Å². The monoisotopic (exact) mass is 288 g/mol. The molecule has 0 amide bonds. The third kappa shape index (κ3) is 1.68. The van der Waals surface area contributed by atoms with Crippen LogP contribution in [0.5, 0.6) is 5.75 Å². The van der Waals surface area contributed by atoms with Crippen LogP contribution >= 0.6 is 22.6 Å². The van der Waals surface area contributed by atoms with Gasteiger partial charge in [0.2, 0.25) is 0 Å². The van der Waals surface area contributed by atoms with Crippen LogP contribution in [-0.2, 0) is 6.42 Å². The minimum absolute atomic E-state index is 0.0163. The molecule has 0 unspecified atom stereocenters. The van der Waals surface area contributed by atoms with Crippen molar-refractivity contribution in [3.05, 3.63) is 26.8 Å². The topological polar surface area (TPSA) is 9.23 Å². The number of aryl methyl sites for hydroxylation is 1. The van der Waals surface area contributed by atoms with E-state index < -0.39 is 0 Å². The second-order valence-corrected chi connectivity index (χ2v) is 5.50. The molecule has 0 aromatic heterocycles. The minimum Gasteiger partial charge on any atom is -0.487 e. The van der Waals surface area contributed by atoms with E-state index in [9.17, 15) is 0 Å². The van der Waals surface area contributed by atoms with Gasteiger partial charge in [0.05, 0.1) is 0 Å². The summed E-state index contributed by atoms with van der Waals surface area (Å²) in [4.78, 5) is 0. The van der Waals surface area contributed by atoms with Crippen molar-refractivity contribution in [1.29, 1.82) is 0 Å². The largest absolute Gasteiger partial charge is 0.487 e. The maximum atomic E-state index is 5.88. The summed E-state index contributed by atoms with van der Waals surface area (Å²) in [6.45, 7) is 6.39. The number of benzene rings is 1. The number of halogens is 1. The summed E-state index contributed by atoms with van der Waals surface area (Å²) in [5.74, 6) is 1.10. The first-order valence-corrected chi connectivity index (χ1v) is 5.54. The molecule has 0 atom stereocenters. The maximum absolute atomic E-state index is 5.88. The van der Waals surface area contributed by atoms with Crippen LogP contribution in [0.4, 0.5) is 0 Å². The lowest BCUT2D eigenvalue weighted by atomic mass is 10.0. The first-order valence-electron chi connectivity index (χ1n) is 4.46. The molecule has 1 aromatic rings. The van der Waals surface area contributed by atoms with Crippen LogP contribution in [0.3, 0.4) is 0 Å². The van der Waals surface area contributed by atoms with Crippen LogP contribution in [0.2, 0.25) is 0 Å². The van der Waals surface area contributed by atoms with Crippen molar-refractivity contribution in [1.82, 2.24) is 0 Å². The molecule has 1 nitrogen and oxygen atoms in total. The number of rotatable bonds is 0. The second kappa shape index (κ2) is 2.87. The summed E-state index contributed by atoms with van der Waals surface area (Å²) in [5.41, 5.74) is 2.60. The first-order chi connectivity index (χ1) is 5.98. The molecule has 13 heavy (non-hydrogen) atoms. The fourth-order valence-corrected chi connectivity index (χ4v) is 2.69. The van der Waals surface area contributed by atoms with Gasteiger partial charge in [-0.2, -0.15) is 0 Å². The highest BCUT2D eigenvalue weighted by Crippen LogP contribution is 2.38. The average Bonchev–Trinajstić information content (AvgIpc) is 2.23. The van der Waals surface area contributed by atoms with Gasteiger partial charge >= 0.3 is 0 Å². The Morgan fingerprint density at radius 3 is 2.77 bits per heavy atom. The highest BCUT2D eigenvalue weighted by atomic mass is 127.